The van der Waals surface area contributed by atoms with Gasteiger partial charge in [0, 0.05) is 12.6 Å². The Morgan fingerprint density at radius 3 is 2.19 bits per heavy atom. The average molecular weight is 505 g/mol. The fraction of sp³-hybridized carbons (Fsp3) is 0.630. The van der Waals surface area contributed by atoms with Crippen molar-refractivity contribution in [3.05, 3.63) is 34.9 Å². The van der Waals surface area contributed by atoms with Crippen LogP contribution in [0.2, 0.25) is 0 Å². The molecule has 9 nitrogen and oxygen atoms in total. The molecule has 0 aliphatic carbocycles. The van der Waals surface area contributed by atoms with Gasteiger partial charge in [0.25, 0.3) is 0 Å². The quantitative estimate of drug-likeness (QED) is 0.374. The molecule has 202 valence electrons. The van der Waals surface area contributed by atoms with Gasteiger partial charge < -0.3 is 26.0 Å². The standard InChI is InChI=1S/C27H44N4O5/c1-9-10-11-14-29-24(33)23(20-13-12-18(4)19(5)15-20)31(17(2)3)25(34)21(16-22(28)32)30-26(35)36-27(6,7)8/h12-13,15,17,21,23H,9-11,14,16H2,1-8H3,(H2,28,32)(H,29,33)(H,30,35). The molecule has 9 heteroatoms. The normalized spacial score (nSPS) is 13.0. The van der Waals surface area contributed by atoms with Gasteiger partial charge in [-0.05, 0) is 71.6 Å². The number of carbonyl (C=O) groups is 4. The van der Waals surface area contributed by atoms with Gasteiger partial charge in [-0.1, -0.05) is 38.0 Å². The third-order valence-electron chi connectivity index (χ3n) is 5.66. The Balaban J connectivity index is 3.44. The molecule has 0 saturated heterocycles. The number of nitrogens with two attached hydrogens (primary N) is 1. The first-order chi connectivity index (χ1) is 16.7. The third kappa shape index (κ3) is 9.87. The smallest absolute Gasteiger partial charge is 0.408 e. The molecule has 2 unspecified atom stereocenters. The van der Waals surface area contributed by atoms with Gasteiger partial charge in [-0.3, -0.25) is 14.4 Å². The van der Waals surface area contributed by atoms with Crippen LogP contribution in [0.25, 0.3) is 0 Å². The molecule has 0 radical (unpaired) electrons. The van der Waals surface area contributed by atoms with Crippen LogP contribution in [-0.4, -0.2) is 52.9 Å². The van der Waals surface area contributed by atoms with Crippen LogP contribution >= 0.6 is 0 Å². The number of unbranched alkanes of at least 4 members (excludes halogenated alkanes) is 2. The maximum Gasteiger partial charge on any atom is 0.408 e. The van der Waals surface area contributed by atoms with Gasteiger partial charge in [-0.25, -0.2) is 4.79 Å². The molecule has 1 aromatic rings. The Morgan fingerprint density at radius 2 is 1.69 bits per heavy atom. The lowest BCUT2D eigenvalue weighted by atomic mass is 9.97. The predicted molar refractivity (Wildman–Crippen MR) is 140 cm³/mol. The number of alkyl carbamates (subject to hydrolysis) is 1. The Morgan fingerprint density at radius 1 is 1.06 bits per heavy atom. The van der Waals surface area contributed by atoms with Crippen molar-refractivity contribution in [3.8, 4) is 0 Å². The summed E-state index contributed by atoms with van der Waals surface area (Å²) < 4.78 is 5.29. The van der Waals surface area contributed by atoms with Gasteiger partial charge in [0.2, 0.25) is 17.7 Å². The lowest BCUT2D eigenvalue weighted by molar-refractivity contribution is -0.145. The zero-order chi connectivity index (χ0) is 27.6. The second kappa shape index (κ2) is 13.8. The molecule has 0 spiro atoms. The van der Waals surface area contributed by atoms with Gasteiger partial charge in [-0.2, -0.15) is 0 Å². The summed E-state index contributed by atoms with van der Waals surface area (Å²) in [4.78, 5) is 53.0. The lowest BCUT2D eigenvalue weighted by Crippen LogP contribution is -2.56. The highest BCUT2D eigenvalue weighted by Crippen LogP contribution is 2.27. The number of ether oxygens (including phenoxy) is 1. The molecule has 0 fully saturated rings. The van der Waals surface area contributed by atoms with Crippen molar-refractivity contribution in [1.29, 1.82) is 0 Å². The third-order valence-corrected chi connectivity index (χ3v) is 5.66. The average Bonchev–Trinajstić information content (AvgIpc) is 2.74. The number of nitrogens with one attached hydrogen (secondary N) is 2. The molecule has 1 aromatic carbocycles. The number of rotatable bonds is 12. The summed E-state index contributed by atoms with van der Waals surface area (Å²) in [5.41, 5.74) is 7.28. The van der Waals surface area contributed by atoms with Crippen LogP contribution in [0.4, 0.5) is 4.79 Å². The van der Waals surface area contributed by atoms with Crippen molar-refractivity contribution in [3.63, 3.8) is 0 Å². The zero-order valence-electron chi connectivity index (χ0n) is 23.1. The Hall–Kier alpha value is -3.10. The summed E-state index contributed by atoms with van der Waals surface area (Å²) in [6.07, 6.45) is 1.53. The number of amides is 4. The first-order valence-corrected chi connectivity index (χ1v) is 12.6. The van der Waals surface area contributed by atoms with E-state index < -0.39 is 48.1 Å². The second-order valence-corrected chi connectivity index (χ2v) is 10.5. The maximum atomic E-state index is 13.8. The zero-order valence-corrected chi connectivity index (χ0v) is 23.1. The predicted octanol–water partition coefficient (Wildman–Crippen LogP) is 3.66. The van der Waals surface area contributed by atoms with E-state index >= 15 is 0 Å². The van der Waals surface area contributed by atoms with Crippen LogP contribution in [0, 0.1) is 13.8 Å². The van der Waals surface area contributed by atoms with E-state index in [0.717, 1.165) is 30.4 Å². The van der Waals surface area contributed by atoms with E-state index in [0.29, 0.717) is 12.1 Å². The summed E-state index contributed by atoms with van der Waals surface area (Å²) in [7, 11) is 0. The van der Waals surface area contributed by atoms with E-state index in [9.17, 15) is 19.2 Å². The van der Waals surface area contributed by atoms with Crippen molar-refractivity contribution in [1.82, 2.24) is 15.5 Å². The monoisotopic (exact) mass is 504 g/mol. The van der Waals surface area contributed by atoms with Crippen LogP contribution in [0.15, 0.2) is 18.2 Å². The van der Waals surface area contributed by atoms with Gasteiger partial charge in [0.1, 0.15) is 17.7 Å². The molecule has 0 saturated carbocycles. The SMILES string of the molecule is CCCCCNC(=O)C(c1ccc(C)c(C)c1)N(C(=O)C(CC(N)=O)NC(=O)OC(C)(C)C)C(C)C. The summed E-state index contributed by atoms with van der Waals surface area (Å²) >= 11 is 0. The van der Waals surface area contributed by atoms with E-state index in [1.807, 2.05) is 32.0 Å². The first kappa shape index (κ1) is 30.9. The van der Waals surface area contributed by atoms with Gasteiger partial charge in [0.15, 0.2) is 0 Å². The maximum absolute atomic E-state index is 13.8. The van der Waals surface area contributed by atoms with E-state index in [-0.39, 0.29) is 5.91 Å². The van der Waals surface area contributed by atoms with Crippen molar-refractivity contribution < 1.29 is 23.9 Å². The van der Waals surface area contributed by atoms with E-state index in [1.165, 1.54) is 4.90 Å². The molecule has 0 aliphatic heterocycles. The first-order valence-electron chi connectivity index (χ1n) is 12.6. The van der Waals surface area contributed by atoms with Crippen LogP contribution in [0.5, 0.6) is 0 Å². The molecule has 1 rings (SSSR count). The minimum absolute atomic E-state index is 0.327. The molecule has 0 heterocycles. The van der Waals surface area contributed by atoms with Crippen LogP contribution in [0.3, 0.4) is 0 Å². The lowest BCUT2D eigenvalue weighted by Gasteiger charge is -2.37. The van der Waals surface area contributed by atoms with E-state index in [4.69, 9.17) is 10.5 Å². The number of hydrogen-bond acceptors (Lipinski definition) is 5. The summed E-state index contributed by atoms with van der Waals surface area (Å²) in [5, 5.41) is 5.44. The van der Waals surface area contributed by atoms with Crippen LogP contribution in [-0.2, 0) is 19.1 Å². The number of aryl methyl sites for hydroxylation is 2. The van der Waals surface area contributed by atoms with E-state index in [2.05, 4.69) is 17.6 Å². The highest BCUT2D eigenvalue weighted by Gasteiger charge is 2.38. The summed E-state index contributed by atoms with van der Waals surface area (Å²) in [6.45, 7) is 15.1. The number of hydrogen-bond donors (Lipinski definition) is 3. The number of primary amides is 1. The van der Waals surface area contributed by atoms with Crippen molar-refractivity contribution in [2.24, 2.45) is 5.73 Å². The van der Waals surface area contributed by atoms with Gasteiger partial charge in [0.05, 0.1) is 6.42 Å². The van der Waals surface area contributed by atoms with Crippen molar-refractivity contribution in [2.45, 2.75) is 105 Å². The number of nitrogens with zero attached hydrogens (tertiary/aromatic N) is 1. The Labute approximate surface area is 215 Å². The molecule has 0 aliphatic rings. The summed E-state index contributed by atoms with van der Waals surface area (Å²) in [5.74, 6) is -1.69. The van der Waals surface area contributed by atoms with Crippen molar-refractivity contribution in [2.75, 3.05) is 6.54 Å². The van der Waals surface area contributed by atoms with Crippen LogP contribution < -0.4 is 16.4 Å². The minimum atomic E-state index is -1.29. The molecule has 36 heavy (non-hydrogen) atoms. The molecular weight excluding hydrogens is 460 g/mol. The fourth-order valence-corrected chi connectivity index (χ4v) is 3.77. The Kier molecular flexibility index (Phi) is 11.9. The highest BCUT2D eigenvalue weighted by molar-refractivity contribution is 5.94. The molecule has 4 N–H and O–H groups in total. The van der Waals surface area contributed by atoms with Crippen LogP contribution in [0.1, 0.15) is 90.0 Å². The molecular formula is C27H44N4O5. The number of benzene rings is 1. The largest absolute Gasteiger partial charge is 0.444 e. The second-order valence-electron chi connectivity index (χ2n) is 10.5. The topological polar surface area (TPSA) is 131 Å². The molecule has 2 atom stereocenters. The fourth-order valence-electron chi connectivity index (χ4n) is 3.77. The molecule has 0 bridgehead atoms. The molecule has 4 amide bonds. The highest BCUT2D eigenvalue weighted by atomic mass is 16.6. The molecule has 0 aromatic heterocycles. The van der Waals surface area contributed by atoms with Gasteiger partial charge >= 0.3 is 6.09 Å². The number of carbonyl (C=O) groups excluding carboxylic acids is 4. The summed E-state index contributed by atoms with van der Waals surface area (Å²) in [6, 6.07) is 2.94. The van der Waals surface area contributed by atoms with Gasteiger partial charge in [-0.15, -0.1) is 0 Å². The Bertz CT molecular complexity index is 923. The minimum Gasteiger partial charge on any atom is -0.444 e. The van der Waals surface area contributed by atoms with E-state index in [1.54, 1.807) is 34.6 Å². The van der Waals surface area contributed by atoms with Crippen molar-refractivity contribution >= 4 is 23.8 Å².